The van der Waals surface area contributed by atoms with E-state index in [4.69, 9.17) is 4.74 Å². The topological polar surface area (TPSA) is 67.4 Å². The van der Waals surface area contributed by atoms with Gasteiger partial charge in [0, 0.05) is 19.6 Å². The highest BCUT2D eigenvalue weighted by molar-refractivity contribution is 5.92. The van der Waals surface area contributed by atoms with E-state index in [0.717, 1.165) is 19.4 Å². The number of hydrogen-bond donors (Lipinski definition) is 1. The Kier molecular flexibility index (Phi) is 5.29. The van der Waals surface area contributed by atoms with Crippen LogP contribution in [-0.4, -0.2) is 53.1 Å². The van der Waals surface area contributed by atoms with Gasteiger partial charge in [0.25, 0.3) is 5.91 Å². The van der Waals surface area contributed by atoms with E-state index >= 15 is 0 Å². The molecular formula is C14H22N4O2. The maximum atomic E-state index is 12.4. The van der Waals surface area contributed by atoms with E-state index in [0.29, 0.717) is 31.2 Å². The number of amides is 1. The minimum atomic E-state index is -0.0700. The second-order valence-electron chi connectivity index (χ2n) is 4.87. The van der Waals surface area contributed by atoms with Crippen LogP contribution in [0.5, 0.6) is 0 Å². The van der Waals surface area contributed by atoms with Crippen LogP contribution in [0.3, 0.4) is 0 Å². The summed E-state index contributed by atoms with van der Waals surface area (Å²) in [6.45, 7) is 6.79. The van der Waals surface area contributed by atoms with Gasteiger partial charge in [0.15, 0.2) is 0 Å². The fourth-order valence-corrected chi connectivity index (χ4v) is 2.12. The number of aromatic nitrogens is 2. The molecule has 1 aromatic rings. The number of morpholine rings is 1. The number of nitrogens with one attached hydrogen (secondary N) is 1. The van der Waals surface area contributed by atoms with Crippen molar-refractivity contribution in [3.63, 3.8) is 0 Å². The smallest absolute Gasteiger partial charge is 0.274 e. The predicted molar refractivity (Wildman–Crippen MR) is 76.7 cm³/mol. The molecule has 1 N–H and O–H groups in total. The summed E-state index contributed by atoms with van der Waals surface area (Å²) in [5, 5.41) is 3.14. The lowest BCUT2D eigenvalue weighted by molar-refractivity contribution is -0.0228. The van der Waals surface area contributed by atoms with E-state index in [1.807, 2.05) is 0 Å². The van der Waals surface area contributed by atoms with Crippen LogP contribution in [0.2, 0.25) is 0 Å². The molecule has 0 aliphatic carbocycles. The fraction of sp³-hybridized carbons (Fsp3) is 0.643. The van der Waals surface area contributed by atoms with Crippen LogP contribution in [0.15, 0.2) is 12.4 Å². The van der Waals surface area contributed by atoms with E-state index < -0.39 is 0 Å². The number of hydrogen-bond acceptors (Lipinski definition) is 5. The summed E-state index contributed by atoms with van der Waals surface area (Å²) in [6, 6.07) is 0. The van der Waals surface area contributed by atoms with Crippen molar-refractivity contribution in [2.45, 2.75) is 32.8 Å². The molecule has 0 saturated carbocycles. The first-order valence-electron chi connectivity index (χ1n) is 7.21. The quantitative estimate of drug-likeness (QED) is 0.885. The molecule has 0 spiro atoms. The maximum Gasteiger partial charge on any atom is 0.274 e. The Bertz CT molecular complexity index is 453. The van der Waals surface area contributed by atoms with Gasteiger partial charge in [-0.25, -0.2) is 4.98 Å². The highest BCUT2D eigenvalue weighted by Crippen LogP contribution is 2.12. The summed E-state index contributed by atoms with van der Waals surface area (Å²) in [7, 11) is 0. The number of ether oxygens (including phenoxy) is 1. The van der Waals surface area contributed by atoms with Gasteiger partial charge in [0.05, 0.1) is 25.1 Å². The van der Waals surface area contributed by atoms with Crippen molar-refractivity contribution in [2.24, 2.45) is 0 Å². The lowest BCUT2D eigenvalue weighted by Crippen LogP contribution is -2.45. The summed E-state index contributed by atoms with van der Waals surface area (Å²) in [4.78, 5) is 22.6. The molecule has 1 atom stereocenters. The third-order valence-corrected chi connectivity index (χ3v) is 3.29. The van der Waals surface area contributed by atoms with Crippen LogP contribution in [-0.2, 0) is 4.74 Å². The van der Waals surface area contributed by atoms with Crippen LogP contribution in [0.25, 0.3) is 0 Å². The number of carbonyl (C=O) groups is 1. The number of nitrogens with zero attached hydrogens (tertiary/aromatic N) is 3. The largest absolute Gasteiger partial charge is 0.375 e. The Morgan fingerprint density at radius 3 is 3.10 bits per heavy atom. The van der Waals surface area contributed by atoms with Crippen molar-refractivity contribution < 1.29 is 9.53 Å². The highest BCUT2D eigenvalue weighted by atomic mass is 16.5. The summed E-state index contributed by atoms with van der Waals surface area (Å²) >= 11 is 0. The van der Waals surface area contributed by atoms with E-state index in [1.54, 1.807) is 11.1 Å². The lowest BCUT2D eigenvalue weighted by atomic mass is 10.2. The third kappa shape index (κ3) is 3.66. The molecule has 1 fully saturated rings. The highest BCUT2D eigenvalue weighted by Gasteiger charge is 2.25. The summed E-state index contributed by atoms with van der Waals surface area (Å²) < 4.78 is 5.58. The molecule has 0 aromatic carbocycles. The average Bonchev–Trinajstić information content (AvgIpc) is 2.52. The first-order chi connectivity index (χ1) is 9.74. The van der Waals surface area contributed by atoms with Crippen LogP contribution in [0, 0.1) is 0 Å². The maximum absolute atomic E-state index is 12.4. The van der Waals surface area contributed by atoms with Crippen molar-refractivity contribution in [1.82, 2.24) is 14.9 Å². The number of anilines is 1. The van der Waals surface area contributed by atoms with Crippen molar-refractivity contribution >= 4 is 11.7 Å². The van der Waals surface area contributed by atoms with Crippen molar-refractivity contribution in [2.75, 3.05) is 31.6 Å². The van der Waals surface area contributed by atoms with Crippen LogP contribution >= 0.6 is 0 Å². The van der Waals surface area contributed by atoms with Gasteiger partial charge in [0.2, 0.25) is 0 Å². The van der Waals surface area contributed by atoms with Crippen LogP contribution in [0.1, 0.15) is 37.2 Å². The Balaban J connectivity index is 2.04. The molecule has 1 unspecified atom stereocenters. The first-order valence-corrected chi connectivity index (χ1v) is 7.21. The second kappa shape index (κ2) is 7.19. The van der Waals surface area contributed by atoms with Gasteiger partial charge in [-0.2, -0.15) is 0 Å². The molecule has 1 saturated heterocycles. The van der Waals surface area contributed by atoms with Gasteiger partial charge >= 0.3 is 0 Å². The molecule has 1 aliphatic heterocycles. The van der Waals surface area contributed by atoms with Gasteiger partial charge in [-0.1, -0.05) is 13.8 Å². The van der Waals surface area contributed by atoms with E-state index in [-0.39, 0.29) is 12.0 Å². The third-order valence-electron chi connectivity index (χ3n) is 3.29. The number of rotatable bonds is 5. The van der Waals surface area contributed by atoms with Crippen LogP contribution in [0.4, 0.5) is 5.82 Å². The summed E-state index contributed by atoms with van der Waals surface area (Å²) in [5.74, 6) is 0.581. The molecule has 2 heterocycles. The van der Waals surface area contributed by atoms with E-state index in [1.165, 1.54) is 6.20 Å². The van der Waals surface area contributed by atoms with E-state index in [9.17, 15) is 4.79 Å². The lowest BCUT2D eigenvalue weighted by Gasteiger charge is -2.32. The Hall–Kier alpha value is -1.69. The standard InChI is InChI=1S/C14H22N4O2/c1-3-5-16-13-9-15-8-12(17-13)14(19)18-6-7-20-11(4-2)10-18/h8-9,11H,3-7,10H2,1-2H3,(H,16,17). The van der Waals surface area contributed by atoms with Gasteiger partial charge in [-0.05, 0) is 12.8 Å². The van der Waals surface area contributed by atoms with Gasteiger partial charge in [-0.3, -0.25) is 9.78 Å². The molecule has 110 valence electrons. The van der Waals surface area contributed by atoms with Crippen molar-refractivity contribution in [3.8, 4) is 0 Å². The van der Waals surface area contributed by atoms with Gasteiger partial charge < -0.3 is 15.0 Å². The summed E-state index contributed by atoms with van der Waals surface area (Å²) in [6.07, 6.45) is 5.20. The van der Waals surface area contributed by atoms with Crippen LogP contribution < -0.4 is 5.32 Å². The first kappa shape index (κ1) is 14.7. The number of carbonyl (C=O) groups excluding carboxylic acids is 1. The molecule has 1 aromatic heterocycles. The van der Waals surface area contributed by atoms with Crippen molar-refractivity contribution in [1.29, 1.82) is 0 Å². The zero-order chi connectivity index (χ0) is 14.4. The molecule has 6 heteroatoms. The van der Waals surface area contributed by atoms with Gasteiger partial charge in [-0.15, -0.1) is 0 Å². The summed E-state index contributed by atoms with van der Waals surface area (Å²) in [5.41, 5.74) is 0.392. The van der Waals surface area contributed by atoms with E-state index in [2.05, 4.69) is 29.1 Å². The zero-order valence-corrected chi connectivity index (χ0v) is 12.1. The molecule has 1 aliphatic rings. The molecule has 1 amide bonds. The average molecular weight is 278 g/mol. The Morgan fingerprint density at radius 2 is 2.35 bits per heavy atom. The monoisotopic (exact) mass is 278 g/mol. The molecule has 0 radical (unpaired) electrons. The second-order valence-corrected chi connectivity index (χ2v) is 4.87. The minimum Gasteiger partial charge on any atom is -0.375 e. The van der Waals surface area contributed by atoms with Crippen molar-refractivity contribution in [3.05, 3.63) is 18.1 Å². The SMILES string of the molecule is CCCNc1cncc(C(=O)N2CCOC(CC)C2)n1. The Morgan fingerprint density at radius 1 is 1.50 bits per heavy atom. The molecule has 6 nitrogen and oxygen atoms in total. The Labute approximate surface area is 119 Å². The minimum absolute atomic E-state index is 0.0700. The molecule has 2 rings (SSSR count). The van der Waals surface area contributed by atoms with Gasteiger partial charge in [0.1, 0.15) is 11.5 Å². The predicted octanol–water partition coefficient (Wildman–Crippen LogP) is 1.55. The molecule has 0 bridgehead atoms. The normalized spacial score (nSPS) is 18.9. The zero-order valence-electron chi connectivity index (χ0n) is 12.1. The molecule has 20 heavy (non-hydrogen) atoms. The fourth-order valence-electron chi connectivity index (χ4n) is 2.12. The molecular weight excluding hydrogens is 256 g/mol.